The molecule has 0 bridgehead atoms. The highest BCUT2D eigenvalue weighted by molar-refractivity contribution is 5.93. The summed E-state index contributed by atoms with van der Waals surface area (Å²) < 4.78 is 0. The molecule has 22 heavy (non-hydrogen) atoms. The van der Waals surface area contributed by atoms with E-state index in [4.69, 9.17) is 0 Å². The Kier molecular flexibility index (Phi) is 4.00. The molecule has 1 aliphatic heterocycles. The average molecular weight is 297 g/mol. The second-order valence-electron chi connectivity index (χ2n) is 5.46. The quantitative estimate of drug-likeness (QED) is 0.839. The topological polar surface area (TPSA) is 62.2 Å². The van der Waals surface area contributed by atoms with Gasteiger partial charge in [0.2, 0.25) is 0 Å². The summed E-state index contributed by atoms with van der Waals surface area (Å²) in [5.74, 6) is 0.681. The molecule has 1 saturated heterocycles. The van der Waals surface area contributed by atoms with Crippen LogP contribution in [0.3, 0.4) is 0 Å². The van der Waals surface area contributed by atoms with Crippen LogP contribution in [-0.4, -0.2) is 51.9 Å². The van der Waals surface area contributed by atoms with E-state index in [2.05, 4.69) is 26.8 Å². The lowest BCUT2D eigenvalue weighted by molar-refractivity contribution is 0.0746. The van der Waals surface area contributed by atoms with Crippen LogP contribution >= 0.6 is 0 Å². The molecule has 1 aliphatic rings. The molecule has 2 aromatic rings. The summed E-state index contributed by atoms with van der Waals surface area (Å²) in [6, 6.07) is 2.03. The van der Waals surface area contributed by atoms with E-state index in [1.165, 1.54) is 5.69 Å². The number of hydrogen-bond acceptors (Lipinski definition) is 5. The Bertz CT molecular complexity index is 662. The predicted octanol–water partition coefficient (Wildman–Crippen LogP) is 1.45. The minimum atomic E-state index is 0.00565. The first-order valence-electron chi connectivity index (χ1n) is 7.38. The molecule has 1 amide bonds. The fourth-order valence-corrected chi connectivity index (χ4v) is 2.66. The van der Waals surface area contributed by atoms with E-state index in [9.17, 15) is 4.79 Å². The Hall–Kier alpha value is -2.50. The number of amides is 1. The predicted molar refractivity (Wildman–Crippen MR) is 83.9 cm³/mol. The van der Waals surface area contributed by atoms with Gasteiger partial charge in [0.1, 0.15) is 5.82 Å². The van der Waals surface area contributed by atoms with Gasteiger partial charge in [-0.1, -0.05) is 0 Å². The number of piperazine rings is 1. The van der Waals surface area contributed by atoms with Crippen LogP contribution in [0.15, 0.2) is 30.9 Å². The van der Waals surface area contributed by atoms with Gasteiger partial charge in [-0.2, -0.15) is 0 Å². The third-order valence-corrected chi connectivity index (χ3v) is 3.93. The molecular formula is C16H19N5O. The van der Waals surface area contributed by atoms with E-state index in [1.807, 2.05) is 30.3 Å². The summed E-state index contributed by atoms with van der Waals surface area (Å²) in [5.41, 5.74) is 2.91. The molecule has 3 rings (SSSR count). The normalized spacial score (nSPS) is 15.0. The Labute approximate surface area is 129 Å². The van der Waals surface area contributed by atoms with Gasteiger partial charge in [0.05, 0.1) is 5.56 Å². The Balaban J connectivity index is 1.65. The zero-order chi connectivity index (χ0) is 15.5. The van der Waals surface area contributed by atoms with Crippen molar-refractivity contribution in [3.05, 3.63) is 47.8 Å². The van der Waals surface area contributed by atoms with E-state index in [-0.39, 0.29) is 5.91 Å². The summed E-state index contributed by atoms with van der Waals surface area (Å²) in [6.45, 7) is 6.92. The number of carbonyl (C=O) groups is 1. The number of hydrogen-bond donors (Lipinski definition) is 0. The first kappa shape index (κ1) is 14.4. The molecule has 1 fully saturated rings. The zero-order valence-electron chi connectivity index (χ0n) is 12.9. The molecule has 0 spiro atoms. The molecule has 3 heterocycles. The average Bonchev–Trinajstić information content (AvgIpc) is 2.56. The molecule has 0 saturated carbocycles. The van der Waals surface area contributed by atoms with Gasteiger partial charge in [-0.15, -0.1) is 0 Å². The number of carbonyl (C=O) groups excluding carboxylic acids is 1. The lowest BCUT2D eigenvalue weighted by atomic mass is 10.2. The van der Waals surface area contributed by atoms with Crippen molar-refractivity contribution in [1.29, 1.82) is 0 Å². The number of anilines is 1. The lowest BCUT2D eigenvalue weighted by Crippen LogP contribution is -2.49. The van der Waals surface area contributed by atoms with Gasteiger partial charge in [0.25, 0.3) is 5.91 Å². The van der Waals surface area contributed by atoms with E-state index in [1.54, 1.807) is 12.4 Å². The monoisotopic (exact) mass is 297 g/mol. The third-order valence-electron chi connectivity index (χ3n) is 3.93. The third kappa shape index (κ3) is 2.90. The molecule has 0 radical (unpaired) electrons. The molecule has 0 N–H and O–H groups in total. The first-order valence-corrected chi connectivity index (χ1v) is 7.38. The summed E-state index contributed by atoms with van der Waals surface area (Å²) in [5, 5.41) is 0. The maximum absolute atomic E-state index is 12.4. The number of aromatic nitrogens is 3. The van der Waals surface area contributed by atoms with Crippen molar-refractivity contribution in [3.8, 4) is 0 Å². The van der Waals surface area contributed by atoms with Gasteiger partial charge in [-0.25, -0.2) is 9.97 Å². The van der Waals surface area contributed by atoms with Crippen LogP contribution in [0.2, 0.25) is 0 Å². The van der Waals surface area contributed by atoms with Crippen molar-refractivity contribution >= 4 is 11.6 Å². The van der Waals surface area contributed by atoms with Crippen molar-refractivity contribution in [3.63, 3.8) is 0 Å². The minimum Gasteiger partial charge on any atom is -0.368 e. The fraction of sp³-hybridized carbons (Fsp3) is 0.375. The van der Waals surface area contributed by atoms with Crippen molar-refractivity contribution < 1.29 is 4.79 Å². The Morgan fingerprint density at radius 2 is 1.73 bits per heavy atom. The first-order chi connectivity index (χ1) is 10.6. The molecule has 0 unspecified atom stereocenters. The maximum Gasteiger partial charge on any atom is 0.257 e. The van der Waals surface area contributed by atoms with Crippen molar-refractivity contribution in [2.24, 2.45) is 0 Å². The Morgan fingerprint density at radius 3 is 2.36 bits per heavy atom. The van der Waals surface area contributed by atoms with E-state index in [0.717, 1.165) is 18.7 Å². The molecule has 6 nitrogen and oxygen atoms in total. The number of pyridine rings is 1. The molecule has 6 heteroatoms. The molecule has 114 valence electrons. The van der Waals surface area contributed by atoms with Gasteiger partial charge in [0, 0.05) is 56.7 Å². The molecular weight excluding hydrogens is 278 g/mol. The molecule has 0 aromatic carbocycles. The van der Waals surface area contributed by atoms with Gasteiger partial charge in [-0.3, -0.25) is 9.78 Å². The smallest absolute Gasteiger partial charge is 0.257 e. The lowest BCUT2D eigenvalue weighted by Gasteiger charge is -2.36. The van der Waals surface area contributed by atoms with Crippen LogP contribution in [-0.2, 0) is 0 Å². The number of rotatable bonds is 2. The fourth-order valence-electron chi connectivity index (χ4n) is 2.66. The number of nitrogens with zero attached hydrogens (tertiary/aromatic N) is 5. The minimum absolute atomic E-state index is 0.00565. The van der Waals surface area contributed by atoms with Gasteiger partial charge in [-0.05, 0) is 25.5 Å². The van der Waals surface area contributed by atoms with Crippen molar-refractivity contribution in [2.75, 3.05) is 31.1 Å². The second kappa shape index (κ2) is 6.09. The summed E-state index contributed by atoms with van der Waals surface area (Å²) in [6.07, 6.45) is 6.88. The molecule has 0 atom stereocenters. The van der Waals surface area contributed by atoms with E-state index in [0.29, 0.717) is 24.5 Å². The molecule has 2 aromatic heterocycles. The Morgan fingerprint density at radius 1 is 1.05 bits per heavy atom. The summed E-state index contributed by atoms with van der Waals surface area (Å²) in [7, 11) is 0. The van der Waals surface area contributed by atoms with Crippen molar-refractivity contribution in [1.82, 2.24) is 19.9 Å². The van der Waals surface area contributed by atoms with Crippen molar-refractivity contribution in [2.45, 2.75) is 13.8 Å². The summed E-state index contributed by atoms with van der Waals surface area (Å²) >= 11 is 0. The highest BCUT2D eigenvalue weighted by atomic mass is 16.2. The maximum atomic E-state index is 12.4. The van der Waals surface area contributed by atoms with Crippen LogP contribution in [0.5, 0.6) is 0 Å². The van der Waals surface area contributed by atoms with Gasteiger partial charge >= 0.3 is 0 Å². The largest absolute Gasteiger partial charge is 0.368 e. The van der Waals surface area contributed by atoms with Crippen LogP contribution < -0.4 is 4.90 Å². The highest BCUT2D eigenvalue weighted by Crippen LogP contribution is 2.20. The van der Waals surface area contributed by atoms with Crippen LogP contribution in [0.1, 0.15) is 21.7 Å². The SMILES string of the molecule is Cc1ncc(C(=O)N2CCN(c3ccncc3C)CC2)cn1. The molecule has 0 aliphatic carbocycles. The highest BCUT2D eigenvalue weighted by Gasteiger charge is 2.23. The van der Waals surface area contributed by atoms with Gasteiger partial charge in [0.15, 0.2) is 0 Å². The summed E-state index contributed by atoms with van der Waals surface area (Å²) in [4.78, 5) is 28.9. The number of aryl methyl sites for hydroxylation is 2. The van der Waals surface area contributed by atoms with Crippen LogP contribution in [0.25, 0.3) is 0 Å². The van der Waals surface area contributed by atoms with E-state index >= 15 is 0 Å². The van der Waals surface area contributed by atoms with Crippen LogP contribution in [0, 0.1) is 13.8 Å². The van der Waals surface area contributed by atoms with E-state index < -0.39 is 0 Å². The van der Waals surface area contributed by atoms with Gasteiger partial charge < -0.3 is 9.80 Å². The standard InChI is InChI=1S/C16H19N5O/c1-12-9-17-4-3-15(12)20-5-7-21(8-6-20)16(22)14-10-18-13(2)19-11-14/h3-4,9-11H,5-8H2,1-2H3. The second-order valence-corrected chi connectivity index (χ2v) is 5.46. The van der Waals surface area contributed by atoms with Crippen LogP contribution in [0.4, 0.5) is 5.69 Å². The zero-order valence-corrected chi connectivity index (χ0v) is 12.9.